The van der Waals surface area contributed by atoms with Crippen molar-refractivity contribution in [3.05, 3.63) is 29.5 Å². The fraction of sp³-hybridized carbons (Fsp3) is 0.462. The smallest absolute Gasteiger partial charge is 0.144 e. The average molecular weight is 218 g/mol. The van der Waals surface area contributed by atoms with E-state index in [-0.39, 0.29) is 6.04 Å². The molecule has 0 aliphatic rings. The van der Waals surface area contributed by atoms with Crippen LogP contribution >= 0.6 is 0 Å². The molecule has 2 rings (SSSR count). The number of benzene rings is 1. The first-order chi connectivity index (χ1) is 7.58. The lowest BCUT2D eigenvalue weighted by Gasteiger charge is -2.05. The van der Waals surface area contributed by atoms with Gasteiger partial charge < -0.3 is 10.3 Å². The van der Waals surface area contributed by atoms with Crippen molar-refractivity contribution in [2.24, 2.45) is 11.7 Å². The Morgan fingerprint density at radius 3 is 2.69 bits per heavy atom. The Labute approximate surface area is 95.6 Å². The summed E-state index contributed by atoms with van der Waals surface area (Å²) in [5, 5.41) is 5.16. The van der Waals surface area contributed by atoms with Gasteiger partial charge in [0.2, 0.25) is 0 Å². The van der Waals surface area contributed by atoms with Crippen molar-refractivity contribution < 1.29 is 4.52 Å². The summed E-state index contributed by atoms with van der Waals surface area (Å²) in [5.74, 6) is 1.53. The molecular weight excluding hydrogens is 200 g/mol. The van der Waals surface area contributed by atoms with Gasteiger partial charge in [0.15, 0.2) is 0 Å². The van der Waals surface area contributed by atoms with Crippen LogP contribution in [0.3, 0.4) is 0 Å². The minimum atomic E-state index is 0.0474. The molecule has 0 saturated carbocycles. The van der Waals surface area contributed by atoms with E-state index >= 15 is 0 Å². The van der Waals surface area contributed by atoms with Crippen molar-refractivity contribution >= 4 is 10.9 Å². The van der Waals surface area contributed by atoms with Crippen molar-refractivity contribution in [3.8, 4) is 0 Å². The van der Waals surface area contributed by atoms with Gasteiger partial charge in [0, 0.05) is 17.8 Å². The molecule has 0 spiro atoms. The molecule has 16 heavy (non-hydrogen) atoms. The molecular formula is C13H18N2O. The number of rotatable bonds is 3. The summed E-state index contributed by atoms with van der Waals surface area (Å²) in [6.45, 7) is 6.32. The third-order valence-electron chi connectivity index (χ3n) is 2.69. The Balaban J connectivity index is 2.47. The first-order valence-electron chi connectivity index (χ1n) is 5.71. The molecule has 3 nitrogen and oxygen atoms in total. The molecule has 1 aromatic heterocycles. The van der Waals surface area contributed by atoms with Crippen LogP contribution in [0, 0.1) is 5.92 Å². The molecule has 0 fully saturated rings. The van der Waals surface area contributed by atoms with Crippen molar-refractivity contribution in [1.82, 2.24) is 5.16 Å². The molecule has 0 aliphatic carbocycles. The predicted octanol–water partition coefficient (Wildman–Crippen LogP) is 3.05. The van der Waals surface area contributed by atoms with Gasteiger partial charge in [-0.3, -0.25) is 0 Å². The van der Waals surface area contributed by atoms with Gasteiger partial charge in [0.25, 0.3) is 0 Å². The van der Waals surface area contributed by atoms with E-state index in [9.17, 15) is 0 Å². The van der Waals surface area contributed by atoms with Crippen LogP contribution in [0.4, 0.5) is 0 Å². The zero-order valence-electron chi connectivity index (χ0n) is 10.0. The second kappa shape index (κ2) is 4.26. The van der Waals surface area contributed by atoms with Crippen LogP contribution in [-0.2, 0) is 6.42 Å². The van der Waals surface area contributed by atoms with Gasteiger partial charge in [0.1, 0.15) is 11.3 Å². The van der Waals surface area contributed by atoms with E-state index in [4.69, 9.17) is 10.3 Å². The number of aromatic nitrogens is 1. The predicted molar refractivity (Wildman–Crippen MR) is 65.2 cm³/mol. The van der Waals surface area contributed by atoms with E-state index < -0.39 is 0 Å². The zero-order valence-corrected chi connectivity index (χ0v) is 10.0. The highest BCUT2D eigenvalue weighted by molar-refractivity contribution is 5.81. The highest BCUT2D eigenvalue weighted by Gasteiger charge is 2.11. The molecule has 0 bridgehead atoms. The molecule has 0 saturated heterocycles. The summed E-state index contributed by atoms with van der Waals surface area (Å²) in [4.78, 5) is 0. The van der Waals surface area contributed by atoms with Gasteiger partial charge >= 0.3 is 0 Å². The minimum Gasteiger partial charge on any atom is -0.360 e. The van der Waals surface area contributed by atoms with Gasteiger partial charge in [-0.05, 0) is 30.5 Å². The Hall–Kier alpha value is -1.35. The van der Waals surface area contributed by atoms with E-state index in [2.05, 4.69) is 25.1 Å². The Bertz CT molecular complexity index is 486. The maximum atomic E-state index is 5.87. The monoisotopic (exact) mass is 218 g/mol. The van der Waals surface area contributed by atoms with Crippen molar-refractivity contribution in [3.63, 3.8) is 0 Å². The van der Waals surface area contributed by atoms with Gasteiger partial charge in [0.05, 0.1) is 0 Å². The molecule has 0 amide bonds. The maximum absolute atomic E-state index is 5.87. The summed E-state index contributed by atoms with van der Waals surface area (Å²) < 4.78 is 5.37. The van der Waals surface area contributed by atoms with Gasteiger partial charge in [-0.2, -0.15) is 0 Å². The molecule has 2 aromatic rings. The van der Waals surface area contributed by atoms with Gasteiger partial charge in [-0.1, -0.05) is 25.1 Å². The van der Waals surface area contributed by atoms with Crippen LogP contribution in [-0.4, -0.2) is 5.16 Å². The second-order valence-corrected chi connectivity index (χ2v) is 4.77. The second-order valence-electron chi connectivity index (χ2n) is 4.77. The Morgan fingerprint density at radius 2 is 2.06 bits per heavy atom. The number of hydrogen-bond acceptors (Lipinski definition) is 3. The summed E-state index contributed by atoms with van der Waals surface area (Å²) in [6, 6.07) is 6.12. The largest absolute Gasteiger partial charge is 0.360 e. The van der Waals surface area contributed by atoms with E-state index in [0.717, 1.165) is 28.6 Å². The van der Waals surface area contributed by atoms with Crippen molar-refractivity contribution in [2.45, 2.75) is 33.2 Å². The minimum absolute atomic E-state index is 0.0474. The standard InChI is InChI=1S/C13H18N2O/c1-8(2)6-13-11-7-10(9(3)14)4-5-12(11)15-16-13/h4-5,7-9H,6,14H2,1-3H3. The Kier molecular flexibility index (Phi) is 2.97. The zero-order chi connectivity index (χ0) is 11.7. The molecule has 0 aliphatic heterocycles. The lowest BCUT2D eigenvalue weighted by Crippen LogP contribution is -2.04. The van der Waals surface area contributed by atoms with Gasteiger partial charge in [-0.25, -0.2) is 0 Å². The normalized spacial score (nSPS) is 13.6. The third-order valence-corrected chi connectivity index (χ3v) is 2.69. The van der Waals surface area contributed by atoms with Crippen LogP contribution in [0.5, 0.6) is 0 Å². The van der Waals surface area contributed by atoms with Crippen LogP contribution < -0.4 is 5.73 Å². The summed E-state index contributed by atoms with van der Waals surface area (Å²) in [6.07, 6.45) is 0.916. The van der Waals surface area contributed by atoms with E-state index in [1.165, 1.54) is 0 Å². The lowest BCUT2D eigenvalue weighted by atomic mass is 10.0. The molecule has 86 valence electrons. The third kappa shape index (κ3) is 2.09. The van der Waals surface area contributed by atoms with Crippen LogP contribution in [0.25, 0.3) is 10.9 Å². The summed E-state index contributed by atoms with van der Waals surface area (Å²) >= 11 is 0. The van der Waals surface area contributed by atoms with Crippen molar-refractivity contribution in [2.75, 3.05) is 0 Å². The summed E-state index contributed by atoms with van der Waals surface area (Å²) in [7, 11) is 0. The number of nitrogens with two attached hydrogens (primary N) is 1. The van der Waals surface area contributed by atoms with Crippen LogP contribution in [0.2, 0.25) is 0 Å². The molecule has 1 unspecified atom stereocenters. The van der Waals surface area contributed by atoms with E-state index in [0.29, 0.717) is 5.92 Å². The molecule has 0 radical (unpaired) electrons. The molecule has 1 atom stereocenters. The first-order valence-corrected chi connectivity index (χ1v) is 5.71. The molecule has 3 heteroatoms. The fourth-order valence-electron chi connectivity index (χ4n) is 1.81. The van der Waals surface area contributed by atoms with Crippen LogP contribution in [0.1, 0.15) is 38.1 Å². The number of hydrogen-bond donors (Lipinski definition) is 1. The fourth-order valence-corrected chi connectivity index (χ4v) is 1.81. The highest BCUT2D eigenvalue weighted by atomic mass is 16.5. The number of nitrogens with zero attached hydrogens (tertiary/aromatic N) is 1. The van der Waals surface area contributed by atoms with E-state index in [1.54, 1.807) is 0 Å². The molecule has 1 heterocycles. The SMILES string of the molecule is CC(C)Cc1onc2ccc(C(C)N)cc12. The lowest BCUT2D eigenvalue weighted by molar-refractivity contribution is 0.376. The van der Waals surface area contributed by atoms with Crippen LogP contribution in [0.15, 0.2) is 22.7 Å². The topological polar surface area (TPSA) is 52.0 Å². The first kappa shape index (κ1) is 11.1. The molecule has 2 N–H and O–H groups in total. The molecule has 1 aromatic carbocycles. The quantitative estimate of drug-likeness (QED) is 0.861. The van der Waals surface area contributed by atoms with Gasteiger partial charge in [-0.15, -0.1) is 0 Å². The average Bonchev–Trinajstić information content (AvgIpc) is 2.60. The number of fused-ring (bicyclic) bond motifs is 1. The highest BCUT2D eigenvalue weighted by Crippen LogP contribution is 2.24. The Morgan fingerprint density at radius 1 is 1.31 bits per heavy atom. The maximum Gasteiger partial charge on any atom is 0.144 e. The van der Waals surface area contributed by atoms with Crippen molar-refractivity contribution in [1.29, 1.82) is 0 Å². The van der Waals surface area contributed by atoms with E-state index in [1.807, 2.05) is 19.1 Å². The summed E-state index contributed by atoms with van der Waals surface area (Å²) in [5.41, 5.74) is 7.92.